The third kappa shape index (κ3) is 8.00. The lowest BCUT2D eigenvalue weighted by atomic mass is 10.1. The van der Waals surface area contributed by atoms with Gasteiger partial charge < -0.3 is 20.3 Å². The van der Waals surface area contributed by atoms with Crippen LogP contribution < -0.4 is 15.4 Å². The molecule has 2 N–H and O–H groups in total. The summed E-state index contributed by atoms with van der Waals surface area (Å²) < 4.78 is 42.4. The molecule has 1 aliphatic heterocycles. The van der Waals surface area contributed by atoms with Crippen molar-refractivity contribution in [2.24, 2.45) is 10.9 Å². The zero-order chi connectivity index (χ0) is 22.3. The second-order valence-electron chi connectivity index (χ2n) is 8.10. The fourth-order valence-electron chi connectivity index (χ4n) is 4.12. The Morgan fingerprint density at radius 1 is 1.22 bits per heavy atom. The Morgan fingerprint density at radius 3 is 2.62 bits per heavy atom. The molecule has 10 heteroatoms. The lowest BCUT2D eigenvalue weighted by Crippen LogP contribution is -2.45. The smallest absolute Gasteiger partial charge is 0.422 e. The first-order valence-corrected chi connectivity index (χ1v) is 11.0. The molecule has 1 aromatic carbocycles. The molecule has 1 aliphatic carbocycles. The fraction of sp³-hybridized carbons (Fsp3) is 0.636. The van der Waals surface area contributed by atoms with Crippen molar-refractivity contribution >= 4 is 35.8 Å². The van der Waals surface area contributed by atoms with Crippen LogP contribution in [0, 0.1) is 5.92 Å². The van der Waals surface area contributed by atoms with Crippen LogP contribution >= 0.6 is 24.0 Å². The highest BCUT2D eigenvalue weighted by Gasteiger charge is 2.32. The molecule has 0 radical (unpaired) electrons. The molecule has 0 bridgehead atoms. The molecule has 1 atom stereocenters. The van der Waals surface area contributed by atoms with Gasteiger partial charge in [0.1, 0.15) is 5.75 Å². The molecule has 1 amide bonds. The van der Waals surface area contributed by atoms with Gasteiger partial charge in [0.15, 0.2) is 12.6 Å². The maximum Gasteiger partial charge on any atom is 0.422 e. The first-order chi connectivity index (χ1) is 14.9. The van der Waals surface area contributed by atoms with Crippen molar-refractivity contribution in [1.82, 2.24) is 15.5 Å². The Bertz CT molecular complexity index is 770. The van der Waals surface area contributed by atoms with Crippen LogP contribution in [0.25, 0.3) is 0 Å². The van der Waals surface area contributed by atoms with Crippen LogP contribution in [-0.4, -0.2) is 55.2 Å². The zero-order valence-electron chi connectivity index (χ0n) is 18.3. The Labute approximate surface area is 204 Å². The number of amides is 1. The molecule has 32 heavy (non-hydrogen) atoms. The van der Waals surface area contributed by atoms with Gasteiger partial charge in [0.05, 0.1) is 6.54 Å². The number of nitrogens with zero attached hydrogens (tertiary/aromatic N) is 2. The average molecular weight is 568 g/mol. The number of hydrogen-bond donors (Lipinski definition) is 2. The van der Waals surface area contributed by atoms with Gasteiger partial charge in [-0.2, -0.15) is 13.2 Å². The maximum absolute atomic E-state index is 12.6. The Balaban J connectivity index is 0.00000363. The minimum atomic E-state index is -4.39. The number of rotatable bonds is 7. The summed E-state index contributed by atoms with van der Waals surface area (Å²) in [5.41, 5.74) is 0.577. The highest BCUT2D eigenvalue weighted by atomic mass is 127. The number of guanidine groups is 1. The van der Waals surface area contributed by atoms with Gasteiger partial charge in [-0.05, 0) is 32.3 Å². The van der Waals surface area contributed by atoms with E-state index in [2.05, 4.69) is 15.6 Å². The normalized spacial score (nSPS) is 19.6. The molecule has 1 unspecified atom stereocenters. The van der Waals surface area contributed by atoms with Crippen molar-refractivity contribution in [3.05, 3.63) is 29.8 Å². The van der Waals surface area contributed by atoms with E-state index in [1.54, 1.807) is 18.2 Å². The van der Waals surface area contributed by atoms with Crippen molar-refractivity contribution in [2.45, 2.75) is 57.8 Å². The number of ether oxygens (including phenoxy) is 1. The predicted octanol–water partition coefficient (Wildman–Crippen LogP) is 4.09. The summed E-state index contributed by atoms with van der Waals surface area (Å²) in [6.45, 7) is 2.82. The summed E-state index contributed by atoms with van der Waals surface area (Å²) >= 11 is 0. The minimum Gasteiger partial charge on any atom is -0.484 e. The lowest BCUT2D eigenvalue weighted by Gasteiger charge is -2.21. The summed E-state index contributed by atoms with van der Waals surface area (Å²) in [5, 5.41) is 6.53. The quantitative estimate of drug-likeness (QED) is 0.296. The van der Waals surface area contributed by atoms with E-state index in [-0.39, 0.29) is 54.1 Å². The Kier molecular flexibility index (Phi) is 10.4. The molecule has 1 heterocycles. The number of halogens is 4. The van der Waals surface area contributed by atoms with Gasteiger partial charge in [-0.1, -0.05) is 31.0 Å². The number of aliphatic imine (C=N–C) groups is 1. The van der Waals surface area contributed by atoms with E-state index in [4.69, 9.17) is 4.74 Å². The van der Waals surface area contributed by atoms with Crippen molar-refractivity contribution < 1.29 is 22.7 Å². The fourth-order valence-corrected chi connectivity index (χ4v) is 4.12. The molecule has 1 saturated heterocycles. The van der Waals surface area contributed by atoms with Crippen LogP contribution in [0.15, 0.2) is 29.3 Å². The van der Waals surface area contributed by atoms with E-state index >= 15 is 0 Å². The van der Waals surface area contributed by atoms with Crippen molar-refractivity contribution in [2.75, 3.05) is 26.2 Å². The molecule has 6 nitrogen and oxygen atoms in total. The van der Waals surface area contributed by atoms with Gasteiger partial charge in [-0.3, -0.25) is 4.79 Å². The molecule has 2 fully saturated rings. The Hall–Kier alpha value is -1.72. The average Bonchev–Trinajstić information content (AvgIpc) is 3.42. The van der Waals surface area contributed by atoms with E-state index in [0.29, 0.717) is 24.6 Å². The van der Waals surface area contributed by atoms with Crippen LogP contribution in [-0.2, 0) is 11.3 Å². The van der Waals surface area contributed by atoms with Crippen molar-refractivity contribution in [1.29, 1.82) is 0 Å². The molecule has 180 valence electrons. The largest absolute Gasteiger partial charge is 0.484 e. The van der Waals surface area contributed by atoms with E-state index < -0.39 is 12.8 Å². The first kappa shape index (κ1) is 26.5. The van der Waals surface area contributed by atoms with Gasteiger partial charge in [0.25, 0.3) is 0 Å². The summed E-state index contributed by atoms with van der Waals surface area (Å²) in [5.74, 6) is 1.19. The van der Waals surface area contributed by atoms with E-state index in [9.17, 15) is 18.0 Å². The van der Waals surface area contributed by atoms with E-state index in [1.807, 2.05) is 11.8 Å². The molecule has 1 aromatic rings. The number of hydrogen-bond acceptors (Lipinski definition) is 3. The van der Waals surface area contributed by atoms with Crippen LogP contribution in [0.5, 0.6) is 5.75 Å². The number of likely N-dealkylation sites (tertiary alicyclic amines) is 1. The molecule has 1 saturated carbocycles. The SMILES string of the molecule is CCNC(=NCc1ccccc1OCC(F)(F)F)NC1CCN(C(=O)C2CCCC2)C1.I. The number of alkyl halides is 3. The highest BCUT2D eigenvalue weighted by molar-refractivity contribution is 14.0. The summed E-state index contributed by atoms with van der Waals surface area (Å²) in [4.78, 5) is 19.1. The minimum absolute atomic E-state index is 0. The molecule has 2 aliphatic rings. The van der Waals surface area contributed by atoms with Crippen LogP contribution in [0.2, 0.25) is 0 Å². The topological polar surface area (TPSA) is 66.0 Å². The Morgan fingerprint density at radius 2 is 1.94 bits per heavy atom. The monoisotopic (exact) mass is 568 g/mol. The number of carbonyl (C=O) groups excluding carboxylic acids is 1. The van der Waals surface area contributed by atoms with E-state index in [0.717, 1.165) is 38.6 Å². The lowest BCUT2D eigenvalue weighted by molar-refractivity contribution is -0.153. The molecule has 3 rings (SSSR count). The third-order valence-corrected chi connectivity index (χ3v) is 5.66. The molecular weight excluding hydrogens is 536 g/mol. The number of para-hydroxylation sites is 1. The molecular formula is C22H32F3IN4O2. The van der Waals surface area contributed by atoms with Gasteiger partial charge in [-0.25, -0.2) is 4.99 Å². The second-order valence-corrected chi connectivity index (χ2v) is 8.10. The third-order valence-electron chi connectivity index (χ3n) is 5.66. The van der Waals surface area contributed by atoms with Gasteiger partial charge in [0.2, 0.25) is 5.91 Å². The number of carbonyl (C=O) groups is 1. The van der Waals surface area contributed by atoms with E-state index in [1.165, 1.54) is 6.07 Å². The van der Waals surface area contributed by atoms with Gasteiger partial charge in [0, 0.05) is 37.2 Å². The predicted molar refractivity (Wildman–Crippen MR) is 128 cm³/mol. The second kappa shape index (κ2) is 12.5. The van der Waals surface area contributed by atoms with Crippen LogP contribution in [0.3, 0.4) is 0 Å². The maximum atomic E-state index is 12.6. The summed E-state index contributed by atoms with van der Waals surface area (Å²) in [7, 11) is 0. The highest BCUT2D eigenvalue weighted by Crippen LogP contribution is 2.28. The van der Waals surface area contributed by atoms with Gasteiger partial charge in [-0.15, -0.1) is 24.0 Å². The van der Waals surface area contributed by atoms with Gasteiger partial charge >= 0.3 is 6.18 Å². The number of nitrogens with one attached hydrogen (secondary N) is 2. The van der Waals surface area contributed by atoms with Crippen molar-refractivity contribution in [3.8, 4) is 5.75 Å². The summed E-state index contributed by atoms with van der Waals surface area (Å²) in [6, 6.07) is 6.70. The number of benzene rings is 1. The molecule has 0 spiro atoms. The van der Waals surface area contributed by atoms with Crippen LogP contribution in [0.4, 0.5) is 13.2 Å². The van der Waals surface area contributed by atoms with Crippen LogP contribution in [0.1, 0.15) is 44.6 Å². The molecule has 0 aromatic heterocycles. The standard InChI is InChI=1S/C22H31F3N4O2.HI/c1-2-26-21(27-13-17-9-5-6-10-19(17)31-15-22(23,24)25)28-18-11-12-29(14-18)20(30)16-7-3-4-8-16;/h5-6,9-10,16,18H,2-4,7-8,11-15H2,1H3,(H2,26,27,28);1H. The zero-order valence-corrected chi connectivity index (χ0v) is 20.6. The summed E-state index contributed by atoms with van der Waals surface area (Å²) in [6.07, 6.45) is 0.709. The first-order valence-electron chi connectivity index (χ1n) is 11.0. The van der Waals surface area contributed by atoms with Crippen molar-refractivity contribution in [3.63, 3.8) is 0 Å².